The van der Waals surface area contributed by atoms with E-state index in [1.807, 2.05) is 0 Å². The number of halogens is 2. The Morgan fingerprint density at radius 3 is 3.00 bits per heavy atom. The van der Waals surface area contributed by atoms with Crippen LogP contribution in [0.4, 0.5) is 14.9 Å². The van der Waals surface area contributed by atoms with Crippen molar-refractivity contribution in [2.75, 3.05) is 17.6 Å². The van der Waals surface area contributed by atoms with Crippen molar-refractivity contribution in [3.05, 3.63) is 29.0 Å². The number of nitrogens with zero attached hydrogens (tertiary/aromatic N) is 2. The Hall–Kier alpha value is -1.60. The molecule has 5 nitrogen and oxygen atoms in total. The molecular formula is C12H11ClFN3O2S. The number of hydrogen-bond acceptors (Lipinski definition) is 3. The minimum absolute atomic E-state index is 0.0843. The van der Waals surface area contributed by atoms with Crippen molar-refractivity contribution in [1.82, 2.24) is 4.90 Å². The fourth-order valence-corrected chi connectivity index (χ4v) is 2.78. The maximum Gasteiger partial charge on any atom is 0.347 e. The number of benzene rings is 1. The molecular weight excluding hydrogens is 305 g/mol. The second-order valence-electron chi connectivity index (χ2n) is 3.85. The molecule has 20 heavy (non-hydrogen) atoms. The van der Waals surface area contributed by atoms with Crippen molar-refractivity contribution < 1.29 is 14.0 Å². The Kier molecular flexibility index (Phi) is 4.61. The predicted octanol–water partition coefficient (Wildman–Crippen LogP) is 2.96. The molecule has 0 bridgehead atoms. The van der Waals surface area contributed by atoms with Gasteiger partial charge in [0.2, 0.25) is 5.91 Å². The molecule has 1 saturated heterocycles. The zero-order valence-electron chi connectivity index (χ0n) is 10.5. The Morgan fingerprint density at radius 1 is 1.60 bits per heavy atom. The molecule has 1 fully saturated rings. The third-order valence-corrected chi connectivity index (χ3v) is 3.84. The van der Waals surface area contributed by atoms with Crippen LogP contribution >= 0.6 is 23.4 Å². The highest BCUT2D eigenvalue weighted by molar-refractivity contribution is 8.15. The normalized spacial score (nSPS) is 16.9. The molecule has 1 heterocycles. The van der Waals surface area contributed by atoms with Gasteiger partial charge in [-0.25, -0.2) is 9.18 Å². The lowest BCUT2D eigenvalue weighted by atomic mass is 10.3. The first-order chi connectivity index (χ1) is 9.52. The lowest BCUT2D eigenvalue weighted by molar-refractivity contribution is -0.123. The van der Waals surface area contributed by atoms with E-state index in [-0.39, 0.29) is 22.4 Å². The van der Waals surface area contributed by atoms with Gasteiger partial charge in [0, 0.05) is 6.54 Å². The van der Waals surface area contributed by atoms with Crippen LogP contribution in [0.3, 0.4) is 0 Å². The van der Waals surface area contributed by atoms with Gasteiger partial charge < -0.3 is 5.32 Å². The number of urea groups is 1. The molecule has 1 aromatic rings. The van der Waals surface area contributed by atoms with Gasteiger partial charge in [0.1, 0.15) is 5.82 Å². The van der Waals surface area contributed by atoms with Crippen LogP contribution in [-0.4, -0.2) is 34.3 Å². The molecule has 0 unspecified atom stereocenters. The van der Waals surface area contributed by atoms with Crippen molar-refractivity contribution in [3.63, 3.8) is 0 Å². The quantitative estimate of drug-likeness (QED) is 0.912. The highest BCUT2D eigenvalue weighted by atomic mass is 35.5. The Balaban J connectivity index is 2.15. The van der Waals surface area contributed by atoms with Crippen LogP contribution in [0, 0.1) is 5.82 Å². The summed E-state index contributed by atoms with van der Waals surface area (Å²) in [5, 5.41) is 2.67. The molecule has 1 aliphatic rings. The Bertz CT molecular complexity index is 574. The monoisotopic (exact) mass is 315 g/mol. The molecule has 8 heteroatoms. The van der Waals surface area contributed by atoms with Gasteiger partial charge in [-0.15, -0.1) is 0 Å². The average Bonchev–Trinajstić information content (AvgIpc) is 2.74. The number of para-hydroxylation sites is 1. The van der Waals surface area contributed by atoms with E-state index >= 15 is 0 Å². The standard InChI is InChI=1S/C12H11ClFN3O2S/c1-2-17-9(18)6-20-12(17)16-11(19)15-10-7(13)4-3-5-8(10)14/h3-5H,2,6H2,1H3,(H,15,19). The van der Waals surface area contributed by atoms with E-state index in [4.69, 9.17) is 11.6 Å². The van der Waals surface area contributed by atoms with Crippen molar-refractivity contribution in [2.45, 2.75) is 6.92 Å². The van der Waals surface area contributed by atoms with Gasteiger partial charge in [-0.3, -0.25) is 9.69 Å². The second kappa shape index (κ2) is 6.23. The maximum absolute atomic E-state index is 13.5. The van der Waals surface area contributed by atoms with Gasteiger partial charge in [-0.2, -0.15) is 4.99 Å². The summed E-state index contributed by atoms with van der Waals surface area (Å²) in [6.07, 6.45) is 0. The zero-order valence-corrected chi connectivity index (χ0v) is 12.1. The average molecular weight is 316 g/mol. The third kappa shape index (κ3) is 3.10. The molecule has 0 saturated carbocycles. The minimum Gasteiger partial charge on any atom is -0.302 e. The maximum atomic E-state index is 13.5. The van der Waals surface area contributed by atoms with Gasteiger partial charge >= 0.3 is 6.03 Å². The van der Waals surface area contributed by atoms with Crippen LogP contribution in [0.25, 0.3) is 0 Å². The molecule has 1 N–H and O–H groups in total. The van der Waals surface area contributed by atoms with Crippen molar-refractivity contribution in [1.29, 1.82) is 0 Å². The lowest BCUT2D eigenvalue weighted by Gasteiger charge is -2.12. The summed E-state index contributed by atoms with van der Waals surface area (Å²) >= 11 is 6.97. The summed E-state index contributed by atoms with van der Waals surface area (Å²) in [7, 11) is 0. The Morgan fingerprint density at radius 2 is 2.35 bits per heavy atom. The number of anilines is 1. The number of thioether (sulfide) groups is 1. The number of carbonyl (C=O) groups excluding carboxylic acids is 2. The third-order valence-electron chi connectivity index (χ3n) is 2.56. The molecule has 0 aliphatic carbocycles. The number of carbonyl (C=O) groups is 2. The summed E-state index contributed by atoms with van der Waals surface area (Å²) in [6, 6.07) is 3.30. The van der Waals surface area contributed by atoms with Crippen molar-refractivity contribution >= 4 is 46.2 Å². The van der Waals surface area contributed by atoms with E-state index < -0.39 is 11.8 Å². The molecule has 0 aromatic heterocycles. The highest BCUT2D eigenvalue weighted by Crippen LogP contribution is 2.25. The minimum atomic E-state index is -0.771. The van der Waals surface area contributed by atoms with E-state index in [2.05, 4.69) is 10.3 Å². The summed E-state index contributed by atoms with van der Waals surface area (Å²) in [6.45, 7) is 2.21. The second-order valence-corrected chi connectivity index (χ2v) is 5.20. The fourth-order valence-electron chi connectivity index (χ4n) is 1.63. The van der Waals surface area contributed by atoms with Crippen LogP contribution in [-0.2, 0) is 4.79 Å². The summed E-state index contributed by atoms with van der Waals surface area (Å²) in [4.78, 5) is 28.4. The van der Waals surface area contributed by atoms with Crippen LogP contribution in [0.1, 0.15) is 6.92 Å². The van der Waals surface area contributed by atoms with Crippen molar-refractivity contribution in [2.24, 2.45) is 4.99 Å². The molecule has 106 valence electrons. The molecule has 0 atom stereocenters. The van der Waals surface area contributed by atoms with Gasteiger partial charge in [0.15, 0.2) is 5.17 Å². The van der Waals surface area contributed by atoms with E-state index in [0.717, 1.165) is 0 Å². The first-order valence-electron chi connectivity index (χ1n) is 5.79. The van der Waals surface area contributed by atoms with Crippen molar-refractivity contribution in [3.8, 4) is 0 Å². The van der Waals surface area contributed by atoms with E-state index in [1.165, 1.54) is 34.9 Å². The molecule has 0 radical (unpaired) electrons. The smallest absolute Gasteiger partial charge is 0.302 e. The first kappa shape index (κ1) is 14.8. The van der Waals surface area contributed by atoms with E-state index in [9.17, 15) is 14.0 Å². The Labute approximate surface area is 124 Å². The van der Waals surface area contributed by atoms with Gasteiger partial charge in [-0.1, -0.05) is 29.4 Å². The van der Waals surface area contributed by atoms with E-state index in [1.54, 1.807) is 6.92 Å². The molecule has 1 aliphatic heterocycles. The number of nitrogens with one attached hydrogen (secondary N) is 1. The number of aliphatic imine (C=N–C) groups is 1. The topological polar surface area (TPSA) is 61.8 Å². The van der Waals surface area contributed by atoms with Crippen LogP contribution in [0.5, 0.6) is 0 Å². The lowest BCUT2D eigenvalue weighted by Crippen LogP contribution is -2.30. The van der Waals surface area contributed by atoms with Crippen LogP contribution in [0.15, 0.2) is 23.2 Å². The van der Waals surface area contributed by atoms with E-state index in [0.29, 0.717) is 11.7 Å². The highest BCUT2D eigenvalue weighted by Gasteiger charge is 2.27. The van der Waals surface area contributed by atoms with Gasteiger partial charge in [-0.05, 0) is 19.1 Å². The summed E-state index contributed by atoms with van der Waals surface area (Å²) in [5.74, 6) is -0.498. The summed E-state index contributed by atoms with van der Waals surface area (Å²) < 4.78 is 13.5. The molecule has 2 rings (SSSR count). The molecule has 1 aromatic carbocycles. The SMILES string of the molecule is CCN1C(=O)CSC1=NC(=O)Nc1c(F)cccc1Cl. The number of amides is 3. The fraction of sp³-hybridized carbons (Fsp3) is 0.250. The number of amidine groups is 1. The number of rotatable bonds is 2. The molecule has 0 spiro atoms. The largest absolute Gasteiger partial charge is 0.347 e. The summed E-state index contributed by atoms with van der Waals surface area (Å²) in [5.41, 5.74) is -0.124. The van der Waals surface area contributed by atoms with Gasteiger partial charge in [0.25, 0.3) is 0 Å². The number of hydrogen-bond donors (Lipinski definition) is 1. The van der Waals surface area contributed by atoms with Crippen LogP contribution in [0.2, 0.25) is 5.02 Å². The van der Waals surface area contributed by atoms with Crippen LogP contribution < -0.4 is 5.32 Å². The predicted molar refractivity (Wildman–Crippen MR) is 77.7 cm³/mol. The molecule has 3 amide bonds. The zero-order chi connectivity index (χ0) is 14.7. The van der Waals surface area contributed by atoms with Gasteiger partial charge in [0.05, 0.1) is 16.5 Å². The first-order valence-corrected chi connectivity index (χ1v) is 7.16.